The molecule has 8 nitrogen and oxygen atoms in total. The Hall–Kier alpha value is -3.37. The maximum Gasteiger partial charge on any atom is 0.341 e. The Morgan fingerprint density at radius 1 is 1.14 bits per heavy atom. The molecule has 0 atom stereocenters. The zero-order valence-electron chi connectivity index (χ0n) is 20.7. The van der Waals surface area contributed by atoms with E-state index in [1.165, 1.54) is 23.1 Å². The Labute approximate surface area is 218 Å². The molecule has 3 aromatic heterocycles. The van der Waals surface area contributed by atoms with Gasteiger partial charge in [-0.15, -0.1) is 21.5 Å². The summed E-state index contributed by atoms with van der Waals surface area (Å²) in [4.78, 5) is 26.5. The number of benzene rings is 1. The molecule has 0 spiro atoms. The van der Waals surface area contributed by atoms with Crippen molar-refractivity contribution in [3.63, 3.8) is 0 Å². The van der Waals surface area contributed by atoms with Gasteiger partial charge >= 0.3 is 5.97 Å². The van der Waals surface area contributed by atoms with Crippen LogP contribution in [0.25, 0.3) is 11.4 Å². The van der Waals surface area contributed by atoms with Crippen molar-refractivity contribution in [2.24, 2.45) is 0 Å². The summed E-state index contributed by atoms with van der Waals surface area (Å²) in [5, 5.41) is 12.8. The van der Waals surface area contributed by atoms with Crippen molar-refractivity contribution in [3.8, 4) is 11.4 Å². The number of thiophene rings is 1. The minimum Gasteiger partial charge on any atom is -0.469 e. The van der Waals surface area contributed by atoms with Gasteiger partial charge in [-0.25, -0.2) is 4.79 Å². The molecule has 4 rings (SSSR count). The molecule has 1 amide bonds. The highest BCUT2D eigenvalue weighted by molar-refractivity contribution is 7.99. The molecule has 0 saturated heterocycles. The first-order chi connectivity index (χ1) is 17.4. The topological polar surface area (TPSA) is 99.2 Å². The lowest BCUT2D eigenvalue weighted by atomic mass is 10.1. The number of rotatable bonds is 10. The van der Waals surface area contributed by atoms with Gasteiger partial charge < -0.3 is 14.5 Å². The van der Waals surface area contributed by atoms with Crippen LogP contribution in [0.3, 0.4) is 0 Å². The van der Waals surface area contributed by atoms with E-state index in [0.717, 1.165) is 33.7 Å². The van der Waals surface area contributed by atoms with Crippen LogP contribution >= 0.6 is 23.1 Å². The maximum absolute atomic E-state index is 12.9. The monoisotopic (exact) mass is 524 g/mol. The Kier molecular flexibility index (Phi) is 8.27. The number of aromatic nitrogens is 3. The fraction of sp³-hybridized carbons (Fsp3) is 0.308. The third-order valence-electron chi connectivity index (χ3n) is 5.63. The summed E-state index contributed by atoms with van der Waals surface area (Å²) in [7, 11) is 0. The molecule has 10 heteroatoms. The number of anilines is 1. The first kappa shape index (κ1) is 25.7. The smallest absolute Gasteiger partial charge is 0.341 e. The molecule has 4 aromatic rings. The zero-order valence-corrected chi connectivity index (χ0v) is 22.3. The molecule has 36 heavy (non-hydrogen) atoms. The highest BCUT2D eigenvalue weighted by atomic mass is 32.2. The van der Waals surface area contributed by atoms with E-state index in [4.69, 9.17) is 9.15 Å². The summed E-state index contributed by atoms with van der Waals surface area (Å²) < 4.78 is 12.7. The van der Waals surface area contributed by atoms with Crippen molar-refractivity contribution in [2.45, 2.75) is 45.8 Å². The molecule has 0 radical (unpaired) electrons. The van der Waals surface area contributed by atoms with E-state index in [1.54, 1.807) is 13.2 Å². The minimum atomic E-state index is -0.420. The average molecular weight is 525 g/mol. The number of thioether (sulfide) groups is 1. The largest absolute Gasteiger partial charge is 0.469 e. The van der Waals surface area contributed by atoms with Crippen LogP contribution in [0, 0.1) is 13.8 Å². The summed E-state index contributed by atoms with van der Waals surface area (Å²) in [6.07, 6.45) is 2.40. The van der Waals surface area contributed by atoms with Crippen LogP contribution in [0.15, 0.2) is 52.2 Å². The van der Waals surface area contributed by atoms with Crippen molar-refractivity contribution in [1.82, 2.24) is 14.8 Å². The third kappa shape index (κ3) is 5.55. The molecule has 1 N–H and O–H groups in total. The van der Waals surface area contributed by atoms with Gasteiger partial charge in [-0.3, -0.25) is 9.36 Å². The Balaban J connectivity index is 1.55. The number of nitrogens with zero attached hydrogens (tertiary/aromatic N) is 3. The van der Waals surface area contributed by atoms with E-state index in [1.807, 2.05) is 61.7 Å². The standard InChI is InChI=1S/C26H28N4O4S2/c1-5-20-16(3)22(25(32)33-6-2)24(36-20)27-21(31)15-35-26-29-28-23(19-12-13-34-17(19)4)30(26)14-18-10-8-7-9-11-18/h7-13H,5-6,14-15H2,1-4H3,(H,27,31). The fourth-order valence-corrected chi connectivity index (χ4v) is 5.73. The van der Waals surface area contributed by atoms with Gasteiger partial charge in [0, 0.05) is 4.88 Å². The van der Waals surface area contributed by atoms with E-state index in [9.17, 15) is 9.59 Å². The van der Waals surface area contributed by atoms with Gasteiger partial charge in [-0.05, 0) is 44.4 Å². The molecule has 0 aliphatic heterocycles. The van der Waals surface area contributed by atoms with E-state index >= 15 is 0 Å². The number of hydrogen-bond acceptors (Lipinski definition) is 8. The number of furan rings is 1. The molecule has 0 saturated carbocycles. The Morgan fingerprint density at radius 2 is 1.92 bits per heavy atom. The van der Waals surface area contributed by atoms with Crippen LogP contribution in [0.2, 0.25) is 0 Å². The van der Waals surface area contributed by atoms with E-state index in [-0.39, 0.29) is 18.3 Å². The average Bonchev–Trinajstić information content (AvgIpc) is 3.55. The number of aryl methyl sites for hydroxylation is 2. The Bertz CT molecular complexity index is 1360. The number of hydrogen-bond donors (Lipinski definition) is 1. The number of esters is 1. The number of amides is 1. The summed E-state index contributed by atoms with van der Waals surface area (Å²) in [5.41, 5.74) is 3.23. The van der Waals surface area contributed by atoms with Crippen molar-refractivity contribution in [1.29, 1.82) is 0 Å². The Morgan fingerprint density at radius 3 is 2.58 bits per heavy atom. The lowest BCUT2D eigenvalue weighted by Crippen LogP contribution is -2.17. The lowest BCUT2D eigenvalue weighted by Gasteiger charge is -2.10. The molecule has 3 heterocycles. The highest BCUT2D eigenvalue weighted by Crippen LogP contribution is 2.34. The van der Waals surface area contributed by atoms with Crippen LogP contribution in [-0.4, -0.2) is 39.0 Å². The van der Waals surface area contributed by atoms with Crippen molar-refractivity contribution < 1.29 is 18.7 Å². The molecular weight excluding hydrogens is 496 g/mol. The first-order valence-electron chi connectivity index (χ1n) is 11.7. The van der Waals surface area contributed by atoms with E-state index in [0.29, 0.717) is 28.1 Å². The molecule has 0 bridgehead atoms. The maximum atomic E-state index is 12.9. The van der Waals surface area contributed by atoms with Gasteiger partial charge in [0.2, 0.25) is 5.91 Å². The van der Waals surface area contributed by atoms with Gasteiger partial charge in [0.15, 0.2) is 11.0 Å². The summed E-state index contributed by atoms with van der Waals surface area (Å²) in [6.45, 7) is 8.38. The molecule has 1 aromatic carbocycles. The van der Waals surface area contributed by atoms with Gasteiger partial charge in [-0.1, -0.05) is 49.0 Å². The quantitative estimate of drug-likeness (QED) is 0.209. The predicted molar refractivity (Wildman–Crippen MR) is 142 cm³/mol. The minimum absolute atomic E-state index is 0.109. The summed E-state index contributed by atoms with van der Waals surface area (Å²) in [6, 6.07) is 11.9. The third-order valence-corrected chi connectivity index (χ3v) is 7.95. The number of ether oxygens (including phenoxy) is 1. The van der Waals surface area contributed by atoms with Crippen LogP contribution in [0.4, 0.5) is 5.00 Å². The van der Waals surface area contributed by atoms with Crippen LogP contribution in [0.5, 0.6) is 0 Å². The van der Waals surface area contributed by atoms with Crippen LogP contribution < -0.4 is 5.32 Å². The summed E-state index contributed by atoms with van der Waals surface area (Å²) in [5.74, 6) is 0.885. The summed E-state index contributed by atoms with van der Waals surface area (Å²) >= 11 is 2.71. The molecule has 0 unspecified atom stereocenters. The zero-order chi connectivity index (χ0) is 25.7. The second kappa shape index (κ2) is 11.6. The van der Waals surface area contributed by atoms with Crippen LogP contribution in [-0.2, 0) is 22.5 Å². The van der Waals surface area contributed by atoms with Gasteiger partial charge in [0.25, 0.3) is 0 Å². The van der Waals surface area contributed by atoms with Crippen LogP contribution in [0.1, 0.15) is 46.0 Å². The molecular formula is C26H28N4O4S2. The van der Waals surface area contributed by atoms with Crippen molar-refractivity contribution in [2.75, 3.05) is 17.7 Å². The highest BCUT2D eigenvalue weighted by Gasteiger charge is 2.24. The number of nitrogens with one attached hydrogen (secondary N) is 1. The van der Waals surface area contributed by atoms with E-state index < -0.39 is 5.97 Å². The first-order valence-corrected chi connectivity index (χ1v) is 13.5. The van der Waals surface area contributed by atoms with E-state index in [2.05, 4.69) is 15.5 Å². The molecule has 0 aliphatic rings. The molecule has 0 fully saturated rings. The lowest BCUT2D eigenvalue weighted by molar-refractivity contribution is -0.113. The van der Waals surface area contributed by atoms with Gasteiger partial charge in [0.1, 0.15) is 10.8 Å². The predicted octanol–water partition coefficient (Wildman–Crippen LogP) is 5.73. The van der Waals surface area contributed by atoms with Gasteiger partial charge in [-0.2, -0.15) is 0 Å². The normalized spacial score (nSPS) is 11.0. The SMILES string of the molecule is CCOC(=O)c1c(NC(=O)CSc2nnc(-c3ccoc3C)n2Cc2ccccc2)sc(CC)c1C. The van der Waals surface area contributed by atoms with Crippen molar-refractivity contribution in [3.05, 3.63) is 70.0 Å². The number of carbonyl (C=O) groups is 2. The number of carbonyl (C=O) groups excluding carboxylic acids is 2. The van der Waals surface area contributed by atoms with Crippen molar-refractivity contribution >= 4 is 40.0 Å². The van der Waals surface area contributed by atoms with Gasteiger partial charge in [0.05, 0.1) is 36.3 Å². The fourth-order valence-electron chi connectivity index (χ4n) is 3.85. The molecule has 188 valence electrons. The molecule has 0 aliphatic carbocycles. The second-order valence-electron chi connectivity index (χ2n) is 8.03. The second-order valence-corrected chi connectivity index (χ2v) is 10.1.